The van der Waals surface area contributed by atoms with Gasteiger partial charge < -0.3 is 9.47 Å². The minimum absolute atomic E-state index is 0.0473. The van der Waals surface area contributed by atoms with Crippen molar-refractivity contribution in [1.82, 2.24) is 29.8 Å². The standard InChI is InChI=1S/C28H26ClN7O6/c1-28(2,3)42-27(40)32-18-5-7-21(30-13-18)24(37)14-41-26(39)23-9-6-19-10-16(11-25(38)36(19)23)20-12-17(29)4-8-22(20)35-15-31-33-34-35/h4-5,7-8,10-13,15,23H,6,9,14H2,1-3H3,(H,32,40)/t23-/m0/s1. The second-order valence-electron chi connectivity index (χ2n) is 10.5. The second-order valence-corrected chi connectivity index (χ2v) is 10.9. The average Bonchev–Trinajstić information content (AvgIpc) is 3.62. The summed E-state index contributed by atoms with van der Waals surface area (Å²) in [5.74, 6) is -1.23. The fourth-order valence-electron chi connectivity index (χ4n) is 4.55. The van der Waals surface area contributed by atoms with Gasteiger partial charge in [-0.15, -0.1) is 5.10 Å². The molecule has 0 fully saturated rings. The lowest BCUT2D eigenvalue weighted by Crippen LogP contribution is -2.29. The quantitative estimate of drug-likeness (QED) is 0.247. The van der Waals surface area contributed by atoms with Gasteiger partial charge in [0.2, 0.25) is 5.78 Å². The van der Waals surface area contributed by atoms with Crippen molar-refractivity contribution < 1.29 is 23.9 Å². The van der Waals surface area contributed by atoms with Gasteiger partial charge in [0.1, 0.15) is 23.7 Å². The van der Waals surface area contributed by atoms with E-state index in [0.29, 0.717) is 46.1 Å². The maximum Gasteiger partial charge on any atom is 0.412 e. The van der Waals surface area contributed by atoms with E-state index in [0.717, 1.165) is 0 Å². The molecule has 0 unspecified atom stereocenters. The number of anilines is 1. The minimum atomic E-state index is -0.874. The van der Waals surface area contributed by atoms with Gasteiger partial charge >= 0.3 is 12.1 Å². The van der Waals surface area contributed by atoms with Gasteiger partial charge in [-0.05, 0) is 86.0 Å². The van der Waals surface area contributed by atoms with Crippen molar-refractivity contribution in [1.29, 1.82) is 0 Å². The van der Waals surface area contributed by atoms with Crippen LogP contribution >= 0.6 is 11.6 Å². The van der Waals surface area contributed by atoms with Gasteiger partial charge in [-0.2, -0.15) is 4.68 Å². The molecule has 13 nitrogen and oxygen atoms in total. The van der Waals surface area contributed by atoms with E-state index in [-0.39, 0.29) is 5.69 Å². The van der Waals surface area contributed by atoms with Crippen LogP contribution in [0.5, 0.6) is 0 Å². The van der Waals surface area contributed by atoms with Crippen LogP contribution in [0, 0.1) is 0 Å². The number of pyridine rings is 2. The summed E-state index contributed by atoms with van der Waals surface area (Å²) in [6, 6.07) is 10.4. The first-order valence-electron chi connectivity index (χ1n) is 12.9. The number of esters is 1. The second kappa shape index (κ2) is 11.5. The predicted molar refractivity (Wildman–Crippen MR) is 151 cm³/mol. The first-order chi connectivity index (χ1) is 20.0. The smallest absolute Gasteiger partial charge is 0.412 e. The number of benzene rings is 1. The summed E-state index contributed by atoms with van der Waals surface area (Å²) >= 11 is 6.24. The van der Waals surface area contributed by atoms with Gasteiger partial charge in [-0.3, -0.25) is 24.5 Å². The highest BCUT2D eigenvalue weighted by Crippen LogP contribution is 2.32. The molecule has 1 aliphatic heterocycles. The van der Waals surface area contributed by atoms with E-state index in [9.17, 15) is 19.2 Å². The topological polar surface area (TPSA) is 160 Å². The Labute approximate surface area is 244 Å². The van der Waals surface area contributed by atoms with Gasteiger partial charge in [0.05, 0.1) is 17.6 Å². The molecule has 0 bridgehead atoms. The van der Waals surface area contributed by atoms with Gasteiger partial charge in [-0.25, -0.2) is 9.59 Å². The average molecular weight is 592 g/mol. The van der Waals surface area contributed by atoms with Crippen LogP contribution in [0.25, 0.3) is 16.8 Å². The zero-order valence-electron chi connectivity index (χ0n) is 22.9. The number of carbonyl (C=O) groups excluding carboxylic acids is 3. The Hall–Kier alpha value is -4.91. The van der Waals surface area contributed by atoms with Gasteiger partial charge in [0, 0.05) is 22.3 Å². The Bertz CT molecular complexity index is 1710. The minimum Gasteiger partial charge on any atom is -0.456 e. The van der Waals surface area contributed by atoms with Crippen molar-refractivity contribution in [2.75, 3.05) is 11.9 Å². The number of Topliss-reactive ketones (excluding diaryl/α,β-unsaturated/α-hetero) is 1. The number of amides is 1. The van der Waals surface area contributed by atoms with E-state index in [1.807, 2.05) is 6.07 Å². The van der Waals surface area contributed by atoms with Crippen molar-refractivity contribution in [3.05, 3.63) is 81.8 Å². The summed E-state index contributed by atoms with van der Waals surface area (Å²) in [5, 5.41) is 14.3. The Morgan fingerprint density at radius 3 is 2.62 bits per heavy atom. The Balaban J connectivity index is 1.26. The summed E-state index contributed by atoms with van der Waals surface area (Å²) in [7, 11) is 0. The molecule has 1 aromatic carbocycles. The Morgan fingerprint density at radius 2 is 1.93 bits per heavy atom. The molecule has 4 aromatic rings. The lowest BCUT2D eigenvalue weighted by Gasteiger charge is -2.19. The molecule has 1 N–H and O–H groups in total. The van der Waals surface area contributed by atoms with Gasteiger partial charge in [-0.1, -0.05) is 11.6 Å². The van der Waals surface area contributed by atoms with Crippen LogP contribution in [0.4, 0.5) is 10.5 Å². The molecule has 4 heterocycles. The first-order valence-corrected chi connectivity index (χ1v) is 13.3. The zero-order chi connectivity index (χ0) is 30.0. The van der Waals surface area contributed by atoms with Crippen LogP contribution in [0.15, 0.2) is 59.8 Å². The SMILES string of the molecule is CC(C)(C)OC(=O)Nc1ccc(C(=O)COC(=O)[C@@H]2CCc3cc(-c4cc(Cl)ccc4-n4cnnn4)cc(=O)n32)nc1. The van der Waals surface area contributed by atoms with Crippen LogP contribution < -0.4 is 10.9 Å². The number of ketones is 1. The van der Waals surface area contributed by atoms with E-state index in [1.54, 1.807) is 39.0 Å². The Morgan fingerprint density at radius 1 is 1.12 bits per heavy atom. The third-order valence-corrected chi connectivity index (χ3v) is 6.55. The largest absolute Gasteiger partial charge is 0.456 e. The van der Waals surface area contributed by atoms with E-state index in [2.05, 4.69) is 25.8 Å². The number of fused-ring (bicyclic) bond motifs is 1. The molecule has 3 aromatic heterocycles. The number of hydrogen-bond donors (Lipinski definition) is 1. The predicted octanol–water partition coefficient (Wildman–Crippen LogP) is 3.80. The molecule has 0 aliphatic carbocycles. The molecular formula is C28H26ClN7O6. The molecule has 0 saturated carbocycles. The fourth-order valence-corrected chi connectivity index (χ4v) is 4.72. The molecule has 14 heteroatoms. The third-order valence-electron chi connectivity index (χ3n) is 6.31. The highest BCUT2D eigenvalue weighted by atomic mass is 35.5. The van der Waals surface area contributed by atoms with E-state index in [4.69, 9.17) is 21.1 Å². The van der Waals surface area contributed by atoms with Crippen molar-refractivity contribution >= 4 is 35.1 Å². The number of aryl methyl sites for hydroxylation is 1. The Kier molecular flexibility index (Phi) is 7.85. The monoisotopic (exact) mass is 591 g/mol. The highest BCUT2D eigenvalue weighted by molar-refractivity contribution is 6.31. The molecule has 0 saturated heterocycles. The molecule has 42 heavy (non-hydrogen) atoms. The van der Waals surface area contributed by atoms with Crippen molar-refractivity contribution in [2.24, 2.45) is 0 Å². The lowest BCUT2D eigenvalue weighted by molar-refractivity contribution is -0.146. The van der Waals surface area contributed by atoms with Crippen LogP contribution in [0.1, 0.15) is 49.4 Å². The maximum absolute atomic E-state index is 13.2. The molecule has 0 spiro atoms. The normalized spacial score (nSPS) is 14.2. The maximum atomic E-state index is 13.2. The summed E-state index contributed by atoms with van der Waals surface area (Å²) in [5.41, 5.74) is 1.83. The summed E-state index contributed by atoms with van der Waals surface area (Å²) in [4.78, 5) is 54.7. The van der Waals surface area contributed by atoms with E-state index in [1.165, 1.54) is 40.0 Å². The van der Waals surface area contributed by atoms with Crippen LogP contribution in [0.2, 0.25) is 5.02 Å². The number of halogens is 1. The highest BCUT2D eigenvalue weighted by Gasteiger charge is 2.32. The number of carbonyl (C=O) groups is 3. The number of tetrazole rings is 1. The number of rotatable bonds is 7. The number of nitrogens with zero attached hydrogens (tertiary/aromatic N) is 6. The first kappa shape index (κ1) is 28.6. The molecule has 1 amide bonds. The molecule has 1 aliphatic rings. The molecular weight excluding hydrogens is 566 g/mol. The van der Waals surface area contributed by atoms with Crippen molar-refractivity contribution in [2.45, 2.75) is 45.3 Å². The number of nitrogens with one attached hydrogen (secondary N) is 1. The van der Waals surface area contributed by atoms with Crippen molar-refractivity contribution in [3.8, 4) is 16.8 Å². The molecule has 5 rings (SSSR count). The molecule has 216 valence electrons. The summed E-state index contributed by atoms with van der Waals surface area (Å²) in [6.07, 6.45) is 2.87. The number of hydrogen-bond acceptors (Lipinski definition) is 10. The molecule has 1 atom stereocenters. The summed E-state index contributed by atoms with van der Waals surface area (Å²) < 4.78 is 13.3. The van der Waals surface area contributed by atoms with E-state index >= 15 is 0 Å². The zero-order valence-corrected chi connectivity index (χ0v) is 23.7. The third kappa shape index (κ3) is 6.36. The van der Waals surface area contributed by atoms with Gasteiger partial charge in [0.15, 0.2) is 6.61 Å². The van der Waals surface area contributed by atoms with Gasteiger partial charge in [0.25, 0.3) is 5.56 Å². The van der Waals surface area contributed by atoms with Crippen LogP contribution in [-0.2, 0) is 20.7 Å². The fraction of sp³-hybridized carbons (Fsp3) is 0.286. The number of ether oxygens (including phenoxy) is 2. The molecule has 0 radical (unpaired) electrons. The summed E-state index contributed by atoms with van der Waals surface area (Å²) in [6.45, 7) is 4.66. The lowest BCUT2D eigenvalue weighted by atomic mass is 10.0. The van der Waals surface area contributed by atoms with E-state index < -0.39 is 41.7 Å². The van der Waals surface area contributed by atoms with Crippen molar-refractivity contribution in [3.63, 3.8) is 0 Å². The van der Waals surface area contributed by atoms with Crippen LogP contribution in [-0.4, -0.2) is 59.8 Å². The van der Waals surface area contributed by atoms with Crippen LogP contribution in [0.3, 0.4) is 0 Å². The number of aromatic nitrogens is 6.